The second-order valence-corrected chi connectivity index (χ2v) is 11.4. The van der Waals surface area contributed by atoms with E-state index in [1.165, 1.54) is 15.6 Å². The smallest absolute Gasteiger partial charge is 0.252 e. The molecule has 6 nitrogen and oxygen atoms in total. The monoisotopic (exact) mass is 480 g/mol. The van der Waals surface area contributed by atoms with Gasteiger partial charge in [-0.25, -0.2) is 8.42 Å². The lowest BCUT2D eigenvalue weighted by Crippen LogP contribution is -2.48. The number of carbonyl (C=O) groups is 1. The van der Waals surface area contributed by atoms with E-state index < -0.39 is 10.0 Å². The van der Waals surface area contributed by atoms with Gasteiger partial charge in [-0.1, -0.05) is 13.8 Å². The van der Waals surface area contributed by atoms with Gasteiger partial charge in [-0.3, -0.25) is 4.79 Å². The molecule has 1 aromatic heterocycles. The fourth-order valence-electron chi connectivity index (χ4n) is 3.53. The minimum Gasteiger partial charge on any atom is -0.383 e. The summed E-state index contributed by atoms with van der Waals surface area (Å²) in [7, 11) is -1.83. The van der Waals surface area contributed by atoms with E-state index in [4.69, 9.17) is 4.74 Å². The average molecular weight is 481 g/mol. The summed E-state index contributed by atoms with van der Waals surface area (Å²) in [6, 6.07) is 3.58. The molecule has 9 heteroatoms. The van der Waals surface area contributed by atoms with Crippen LogP contribution in [0.1, 0.15) is 39.5 Å². The van der Waals surface area contributed by atoms with Crippen LogP contribution in [0.5, 0.6) is 0 Å². The molecule has 1 fully saturated rings. The number of ether oxygens (including phenoxy) is 1. The molecule has 0 N–H and O–H groups in total. The third-order valence-corrected chi connectivity index (χ3v) is 9.14. The molecule has 1 saturated heterocycles. The SMILES string of the molecule is CCC(CC)N(CCOC)C(=O)C1CCN(S(=O)(=O)c2ccc(Br)s2)CC1. The summed E-state index contributed by atoms with van der Waals surface area (Å²) in [6.45, 7) is 6.06. The van der Waals surface area contributed by atoms with Crippen LogP contribution in [0.4, 0.5) is 0 Å². The number of hydrogen-bond acceptors (Lipinski definition) is 5. The van der Waals surface area contributed by atoms with Crippen molar-refractivity contribution in [2.75, 3.05) is 33.4 Å². The molecule has 0 atom stereocenters. The highest BCUT2D eigenvalue weighted by Gasteiger charge is 2.35. The van der Waals surface area contributed by atoms with Crippen LogP contribution in [0.25, 0.3) is 0 Å². The second kappa shape index (κ2) is 10.3. The highest BCUT2D eigenvalue weighted by atomic mass is 79.9. The zero-order valence-corrected chi connectivity index (χ0v) is 19.4. The molecule has 27 heavy (non-hydrogen) atoms. The van der Waals surface area contributed by atoms with Gasteiger partial charge >= 0.3 is 0 Å². The van der Waals surface area contributed by atoms with Gasteiger partial charge in [0.15, 0.2) is 0 Å². The lowest BCUT2D eigenvalue weighted by Gasteiger charge is -2.36. The Bertz CT molecular complexity index is 711. The Balaban J connectivity index is 2.03. The van der Waals surface area contributed by atoms with Crippen LogP contribution in [-0.2, 0) is 19.6 Å². The topological polar surface area (TPSA) is 66.9 Å². The molecule has 1 aliphatic heterocycles. The maximum absolute atomic E-state index is 13.1. The molecule has 0 unspecified atom stereocenters. The summed E-state index contributed by atoms with van der Waals surface area (Å²) in [6.07, 6.45) is 2.95. The van der Waals surface area contributed by atoms with E-state index in [2.05, 4.69) is 29.8 Å². The number of methoxy groups -OCH3 is 1. The van der Waals surface area contributed by atoms with E-state index in [1.807, 2.05) is 4.90 Å². The largest absolute Gasteiger partial charge is 0.383 e. The van der Waals surface area contributed by atoms with Crippen LogP contribution in [0.15, 0.2) is 20.1 Å². The van der Waals surface area contributed by atoms with Gasteiger partial charge in [0, 0.05) is 38.7 Å². The Morgan fingerprint density at radius 1 is 1.33 bits per heavy atom. The number of sulfonamides is 1. The van der Waals surface area contributed by atoms with Crippen molar-refractivity contribution in [2.24, 2.45) is 5.92 Å². The van der Waals surface area contributed by atoms with Crippen molar-refractivity contribution in [3.05, 3.63) is 15.9 Å². The summed E-state index contributed by atoms with van der Waals surface area (Å²) in [5, 5.41) is 0. The van der Waals surface area contributed by atoms with Gasteiger partial charge in [-0.2, -0.15) is 4.31 Å². The number of nitrogens with zero attached hydrogens (tertiary/aromatic N) is 2. The number of amides is 1. The molecular formula is C18H29BrN2O4S2. The van der Waals surface area contributed by atoms with Gasteiger partial charge in [0.2, 0.25) is 5.91 Å². The summed E-state index contributed by atoms with van der Waals surface area (Å²) < 4.78 is 33.3. The molecule has 1 amide bonds. The molecule has 0 saturated carbocycles. The predicted octanol–water partition coefficient (Wildman–Crippen LogP) is 3.57. The van der Waals surface area contributed by atoms with Crippen molar-refractivity contribution in [1.82, 2.24) is 9.21 Å². The Kier molecular flexibility index (Phi) is 8.73. The molecule has 1 aromatic rings. The Labute approximate surface area is 175 Å². The number of carbonyl (C=O) groups excluding carboxylic acids is 1. The molecule has 0 aromatic carbocycles. The van der Waals surface area contributed by atoms with Gasteiger partial charge in [0.25, 0.3) is 10.0 Å². The van der Waals surface area contributed by atoms with Gasteiger partial charge in [-0.15, -0.1) is 11.3 Å². The van der Waals surface area contributed by atoms with E-state index in [-0.39, 0.29) is 17.9 Å². The first kappa shape index (κ1) is 22.8. The first-order valence-electron chi connectivity index (χ1n) is 9.40. The Morgan fingerprint density at radius 3 is 2.44 bits per heavy atom. The standard InChI is InChI=1S/C18H29BrN2O4S2/c1-4-15(5-2)21(12-13-25-3)18(22)14-8-10-20(11-9-14)27(23,24)17-7-6-16(19)26-17/h6-7,14-15H,4-5,8-13H2,1-3H3. The Morgan fingerprint density at radius 2 is 1.96 bits per heavy atom. The van der Waals surface area contributed by atoms with Crippen LogP contribution < -0.4 is 0 Å². The van der Waals surface area contributed by atoms with Crippen molar-refractivity contribution in [2.45, 2.75) is 49.8 Å². The van der Waals surface area contributed by atoms with Crippen molar-refractivity contribution < 1.29 is 17.9 Å². The summed E-state index contributed by atoms with van der Waals surface area (Å²) in [4.78, 5) is 15.0. The molecule has 0 radical (unpaired) electrons. The number of piperidine rings is 1. The van der Waals surface area contributed by atoms with Crippen LogP contribution >= 0.6 is 27.3 Å². The normalized spacial score (nSPS) is 16.8. The van der Waals surface area contributed by atoms with E-state index in [1.54, 1.807) is 19.2 Å². The summed E-state index contributed by atoms with van der Waals surface area (Å²) >= 11 is 4.53. The van der Waals surface area contributed by atoms with Crippen LogP contribution in [-0.4, -0.2) is 62.9 Å². The fourth-order valence-corrected chi connectivity index (χ4v) is 7.17. The number of rotatable bonds is 9. The van der Waals surface area contributed by atoms with Crippen molar-refractivity contribution in [3.63, 3.8) is 0 Å². The van der Waals surface area contributed by atoms with E-state index >= 15 is 0 Å². The van der Waals surface area contributed by atoms with Crippen LogP contribution in [0.2, 0.25) is 0 Å². The first-order valence-corrected chi connectivity index (χ1v) is 12.4. The maximum atomic E-state index is 13.1. The third kappa shape index (κ3) is 5.53. The highest BCUT2D eigenvalue weighted by Crippen LogP contribution is 2.31. The lowest BCUT2D eigenvalue weighted by molar-refractivity contribution is -0.140. The molecular weight excluding hydrogens is 452 g/mol. The number of thiophene rings is 1. The molecule has 0 spiro atoms. The molecule has 0 aliphatic carbocycles. The predicted molar refractivity (Wildman–Crippen MR) is 111 cm³/mol. The summed E-state index contributed by atoms with van der Waals surface area (Å²) in [5.41, 5.74) is 0. The third-order valence-electron chi connectivity index (χ3n) is 5.15. The van der Waals surface area contributed by atoms with Crippen LogP contribution in [0.3, 0.4) is 0 Å². The number of hydrogen-bond donors (Lipinski definition) is 0. The summed E-state index contributed by atoms with van der Waals surface area (Å²) in [5.74, 6) is 0.0145. The van der Waals surface area contributed by atoms with Crippen molar-refractivity contribution in [3.8, 4) is 0 Å². The van der Waals surface area contributed by atoms with Crippen LogP contribution in [0, 0.1) is 5.92 Å². The van der Waals surface area contributed by atoms with Gasteiger partial charge in [-0.05, 0) is 53.7 Å². The Hall–Kier alpha value is -0.480. The minimum absolute atomic E-state index is 0.121. The average Bonchev–Trinajstić information content (AvgIpc) is 3.12. The van der Waals surface area contributed by atoms with E-state index in [9.17, 15) is 13.2 Å². The van der Waals surface area contributed by atoms with Gasteiger partial charge in [0.05, 0.1) is 10.4 Å². The second-order valence-electron chi connectivity index (χ2n) is 6.73. The fraction of sp³-hybridized carbons (Fsp3) is 0.722. The first-order chi connectivity index (χ1) is 12.8. The number of halogens is 1. The lowest BCUT2D eigenvalue weighted by atomic mass is 9.95. The maximum Gasteiger partial charge on any atom is 0.252 e. The molecule has 2 rings (SSSR count). The van der Waals surface area contributed by atoms with E-state index in [0.29, 0.717) is 43.3 Å². The molecule has 154 valence electrons. The zero-order valence-electron chi connectivity index (χ0n) is 16.2. The van der Waals surface area contributed by atoms with Crippen molar-refractivity contribution in [1.29, 1.82) is 0 Å². The van der Waals surface area contributed by atoms with Gasteiger partial charge < -0.3 is 9.64 Å². The quantitative estimate of drug-likeness (QED) is 0.541. The van der Waals surface area contributed by atoms with E-state index in [0.717, 1.165) is 16.6 Å². The molecule has 1 aliphatic rings. The zero-order chi connectivity index (χ0) is 20.0. The van der Waals surface area contributed by atoms with Gasteiger partial charge in [0.1, 0.15) is 4.21 Å². The minimum atomic E-state index is -3.47. The highest BCUT2D eigenvalue weighted by molar-refractivity contribution is 9.11. The molecule has 0 bridgehead atoms. The molecule has 2 heterocycles. The van der Waals surface area contributed by atoms with Crippen molar-refractivity contribution >= 4 is 43.2 Å².